The second-order valence-corrected chi connectivity index (χ2v) is 5.51. The number of fused-ring (bicyclic) bond motifs is 1. The molecule has 106 valence electrons. The summed E-state index contributed by atoms with van der Waals surface area (Å²) in [7, 11) is 1.85. The van der Waals surface area contributed by atoms with Crippen LogP contribution in [-0.4, -0.2) is 23.5 Å². The van der Waals surface area contributed by atoms with Gasteiger partial charge in [-0.3, -0.25) is 4.79 Å². The van der Waals surface area contributed by atoms with Gasteiger partial charge in [-0.05, 0) is 32.4 Å². The third kappa shape index (κ3) is 2.90. The van der Waals surface area contributed by atoms with Crippen LogP contribution >= 0.6 is 0 Å². The fraction of sp³-hybridized carbons (Fsp3) is 0.375. The first kappa shape index (κ1) is 14.3. The summed E-state index contributed by atoms with van der Waals surface area (Å²) < 4.78 is 0. The minimum Gasteiger partial charge on any atom is -0.388 e. The molecule has 4 heteroatoms. The standard InChI is InChI=1S/C16H21N3O/c1-5-16(2,3)19-15(20)14-10-13(17-4)11-8-6-7-9-12(11)18-14/h6-10H,5H2,1-4H3,(H,17,18)(H,19,20). The molecule has 2 rings (SSSR count). The zero-order valence-corrected chi connectivity index (χ0v) is 12.4. The number of para-hydroxylation sites is 1. The Morgan fingerprint density at radius 2 is 2.00 bits per heavy atom. The second kappa shape index (κ2) is 5.49. The molecule has 1 aromatic heterocycles. The molecule has 0 bridgehead atoms. The van der Waals surface area contributed by atoms with E-state index in [2.05, 4.69) is 15.6 Å². The van der Waals surface area contributed by atoms with Crippen LogP contribution in [0, 0.1) is 0 Å². The maximum Gasteiger partial charge on any atom is 0.270 e. The number of nitrogens with one attached hydrogen (secondary N) is 2. The molecule has 0 unspecified atom stereocenters. The number of carbonyl (C=O) groups excluding carboxylic acids is 1. The minimum absolute atomic E-state index is 0.140. The van der Waals surface area contributed by atoms with Gasteiger partial charge in [0.2, 0.25) is 0 Å². The Labute approximate surface area is 119 Å². The number of nitrogens with zero attached hydrogens (tertiary/aromatic N) is 1. The van der Waals surface area contributed by atoms with Gasteiger partial charge in [0, 0.05) is 23.7 Å². The number of aromatic nitrogens is 1. The molecule has 2 aromatic rings. The zero-order chi connectivity index (χ0) is 14.8. The monoisotopic (exact) mass is 271 g/mol. The highest BCUT2D eigenvalue weighted by Gasteiger charge is 2.20. The number of hydrogen-bond donors (Lipinski definition) is 2. The van der Waals surface area contributed by atoms with Crippen LogP contribution in [0.4, 0.5) is 5.69 Å². The molecule has 1 heterocycles. The van der Waals surface area contributed by atoms with Crippen molar-refractivity contribution in [3.05, 3.63) is 36.0 Å². The zero-order valence-electron chi connectivity index (χ0n) is 12.4. The fourth-order valence-corrected chi connectivity index (χ4v) is 1.96. The second-order valence-electron chi connectivity index (χ2n) is 5.51. The maximum absolute atomic E-state index is 12.3. The van der Waals surface area contributed by atoms with Crippen molar-refractivity contribution in [2.24, 2.45) is 0 Å². The molecule has 0 saturated carbocycles. The number of hydrogen-bond acceptors (Lipinski definition) is 3. The van der Waals surface area contributed by atoms with Crippen LogP contribution in [0.2, 0.25) is 0 Å². The first-order chi connectivity index (χ1) is 9.46. The number of anilines is 1. The minimum atomic E-state index is -0.232. The molecule has 0 aliphatic rings. The number of rotatable bonds is 4. The number of amides is 1. The quantitative estimate of drug-likeness (QED) is 0.898. The summed E-state index contributed by atoms with van der Waals surface area (Å²) in [6, 6.07) is 9.59. The number of carbonyl (C=O) groups is 1. The predicted molar refractivity (Wildman–Crippen MR) is 83.1 cm³/mol. The lowest BCUT2D eigenvalue weighted by Crippen LogP contribution is -2.43. The highest BCUT2D eigenvalue weighted by atomic mass is 16.2. The van der Waals surface area contributed by atoms with Crippen molar-refractivity contribution in [2.75, 3.05) is 12.4 Å². The van der Waals surface area contributed by atoms with Gasteiger partial charge in [0.15, 0.2) is 0 Å². The van der Waals surface area contributed by atoms with E-state index in [0.29, 0.717) is 5.69 Å². The van der Waals surface area contributed by atoms with Gasteiger partial charge in [-0.1, -0.05) is 25.1 Å². The van der Waals surface area contributed by atoms with E-state index >= 15 is 0 Å². The molecule has 0 spiro atoms. The lowest BCUT2D eigenvalue weighted by atomic mass is 10.0. The van der Waals surface area contributed by atoms with Gasteiger partial charge in [-0.2, -0.15) is 0 Å². The Hall–Kier alpha value is -2.10. The normalized spacial score (nSPS) is 11.4. The van der Waals surface area contributed by atoms with Gasteiger partial charge >= 0.3 is 0 Å². The summed E-state index contributed by atoms with van der Waals surface area (Å²) in [6.45, 7) is 6.06. The van der Waals surface area contributed by atoms with E-state index < -0.39 is 0 Å². The highest BCUT2D eigenvalue weighted by Crippen LogP contribution is 2.23. The molecule has 0 saturated heterocycles. The largest absolute Gasteiger partial charge is 0.388 e. The third-order valence-electron chi connectivity index (χ3n) is 3.55. The summed E-state index contributed by atoms with van der Waals surface area (Å²) in [5.74, 6) is -0.140. The molecule has 0 radical (unpaired) electrons. The van der Waals surface area contributed by atoms with Gasteiger partial charge in [-0.15, -0.1) is 0 Å². The van der Waals surface area contributed by atoms with Gasteiger partial charge in [-0.25, -0.2) is 4.98 Å². The van der Waals surface area contributed by atoms with Crippen LogP contribution in [0.3, 0.4) is 0 Å². The van der Waals surface area contributed by atoms with Crippen LogP contribution in [0.25, 0.3) is 10.9 Å². The molecular weight excluding hydrogens is 250 g/mol. The summed E-state index contributed by atoms with van der Waals surface area (Å²) >= 11 is 0. The summed E-state index contributed by atoms with van der Waals surface area (Å²) in [4.78, 5) is 16.8. The Bertz CT molecular complexity index is 635. The lowest BCUT2D eigenvalue weighted by Gasteiger charge is -2.24. The van der Waals surface area contributed by atoms with E-state index in [0.717, 1.165) is 23.0 Å². The molecule has 4 nitrogen and oxygen atoms in total. The molecule has 20 heavy (non-hydrogen) atoms. The Balaban J connectivity index is 2.42. The van der Waals surface area contributed by atoms with Crippen LogP contribution in [0.1, 0.15) is 37.7 Å². The van der Waals surface area contributed by atoms with E-state index in [9.17, 15) is 4.79 Å². The first-order valence-corrected chi connectivity index (χ1v) is 6.87. The van der Waals surface area contributed by atoms with Crippen molar-refractivity contribution in [2.45, 2.75) is 32.7 Å². The smallest absolute Gasteiger partial charge is 0.270 e. The fourth-order valence-electron chi connectivity index (χ4n) is 1.96. The molecule has 2 N–H and O–H groups in total. The molecule has 0 atom stereocenters. The van der Waals surface area contributed by atoms with E-state index in [1.165, 1.54) is 0 Å². The van der Waals surface area contributed by atoms with Crippen molar-refractivity contribution < 1.29 is 4.79 Å². The average Bonchev–Trinajstić information content (AvgIpc) is 2.45. The first-order valence-electron chi connectivity index (χ1n) is 6.87. The highest BCUT2D eigenvalue weighted by molar-refractivity contribution is 5.99. The topological polar surface area (TPSA) is 54.0 Å². The molecule has 0 aliphatic carbocycles. The van der Waals surface area contributed by atoms with Crippen LogP contribution in [0.5, 0.6) is 0 Å². The Kier molecular flexibility index (Phi) is 3.93. The number of benzene rings is 1. The maximum atomic E-state index is 12.3. The summed E-state index contributed by atoms with van der Waals surface area (Å²) in [5, 5.41) is 7.15. The Morgan fingerprint density at radius 3 is 2.65 bits per heavy atom. The van der Waals surface area contributed by atoms with Crippen LogP contribution in [0.15, 0.2) is 30.3 Å². The van der Waals surface area contributed by atoms with Crippen molar-refractivity contribution in [1.29, 1.82) is 0 Å². The molecule has 1 aromatic carbocycles. The van der Waals surface area contributed by atoms with Crippen LogP contribution in [-0.2, 0) is 0 Å². The number of pyridine rings is 1. The molecule has 1 amide bonds. The summed E-state index contributed by atoms with van der Waals surface area (Å²) in [6.07, 6.45) is 0.866. The predicted octanol–water partition coefficient (Wildman–Crippen LogP) is 3.19. The van der Waals surface area contributed by atoms with Crippen molar-refractivity contribution >= 4 is 22.5 Å². The molecule has 0 fully saturated rings. The lowest BCUT2D eigenvalue weighted by molar-refractivity contribution is 0.0906. The van der Waals surface area contributed by atoms with Gasteiger partial charge < -0.3 is 10.6 Å². The Morgan fingerprint density at radius 1 is 1.30 bits per heavy atom. The van der Waals surface area contributed by atoms with Crippen molar-refractivity contribution in [1.82, 2.24) is 10.3 Å². The van der Waals surface area contributed by atoms with Crippen LogP contribution < -0.4 is 10.6 Å². The van der Waals surface area contributed by atoms with E-state index in [1.54, 1.807) is 6.07 Å². The third-order valence-corrected chi connectivity index (χ3v) is 3.55. The molecular formula is C16H21N3O. The van der Waals surface area contributed by atoms with Gasteiger partial charge in [0.25, 0.3) is 5.91 Å². The van der Waals surface area contributed by atoms with Gasteiger partial charge in [0.05, 0.1) is 5.52 Å². The van der Waals surface area contributed by atoms with E-state index in [1.807, 2.05) is 52.1 Å². The molecule has 0 aliphatic heterocycles. The van der Waals surface area contributed by atoms with Gasteiger partial charge in [0.1, 0.15) is 5.69 Å². The summed E-state index contributed by atoms with van der Waals surface area (Å²) in [5.41, 5.74) is 1.94. The van der Waals surface area contributed by atoms with E-state index in [-0.39, 0.29) is 11.4 Å². The van der Waals surface area contributed by atoms with Crippen molar-refractivity contribution in [3.8, 4) is 0 Å². The average molecular weight is 271 g/mol. The SMILES string of the molecule is CCC(C)(C)NC(=O)c1cc(NC)c2ccccc2n1. The van der Waals surface area contributed by atoms with Crippen molar-refractivity contribution in [3.63, 3.8) is 0 Å². The van der Waals surface area contributed by atoms with E-state index in [4.69, 9.17) is 0 Å².